The number of nitrogens with one attached hydrogen (secondary N) is 1. The number of fused-ring (bicyclic) bond motifs is 1. The predicted molar refractivity (Wildman–Crippen MR) is 91.0 cm³/mol. The number of hydrogen-bond acceptors (Lipinski definition) is 4. The number of anilines is 1. The van der Waals surface area contributed by atoms with Gasteiger partial charge >= 0.3 is 0 Å². The molecule has 0 bridgehead atoms. The quantitative estimate of drug-likeness (QED) is 0.730. The van der Waals surface area contributed by atoms with Crippen LogP contribution in [0.3, 0.4) is 0 Å². The van der Waals surface area contributed by atoms with Gasteiger partial charge in [0.25, 0.3) is 0 Å². The first-order valence-electron chi connectivity index (χ1n) is 6.61. The van der Waals surface area contributed by atoms with Gasteiger partial charge in [0.1, 0.15) is 16.6 Å². The first-order chi connectivity index (χ1) is 10.7. The van der Waals surface area contributed by atoms with Crippen LogP contribution in [0.2, 0.25) is 0 Å². The number of hydrogen-bond donors (Lipinski definition) is 1. The molecule has 3 aromatic rings. The Hall–Kier alpha value is -2.11. The molecule has 4 nitrogen and oxygen atoms in total. The summed E-state index contributed by atoms with van der Waals surface area (Å²) in [6, 6.07) is 13.6. The normalized spacial score (nSPS) is 10.6. The van der Waals surface area contributed by atoms with Crippen LogP contribution >= 0.6 is 22.9 Å². The van der Waals surface area contributed by atoms with E-state index in [1.165, 1.54) is 0 Å². The molecule has 1 aromatic heterocycles. The molecule has 0 saturated carbocycles. The molecular weight excluding hydrogens is 320 g/mol. The van der Waals surface area contributed by atoms with E-state index >= 15 is 0 Å². The summed E-state index contributed by atoms with van der Waals surface area (Å²) in [7, 11) is 1.56. The van der Waals surface area contributed by atoms with Crippen LogP contribution in [0.5, 0.6) is 5.75 Å². The van der Waals surface area contributed by atoms with Gasteiger partial charge in [0, 0.05) is 5.56 Å². The summed E-state index contributed by atoms with van der Waals surface area (Å²) in [5, 5.41) is 3.63. The van der Waals surface area contributed by atoms with Crippen LogP contribution in [0.1, 0.15) is 0 Å². The number of methoxy groups -OCH3 is 1. The molecule has 0 spiro atoms. The number of rotatable bonds is 4. The van der Waals surface area contributed by atoms with Crippen molar-refractivity contribution in [1.29, 1.82) is 0 Å². The fourth-order valence-electron chi connectivity index (χ4n) is 2.12. The highest BCUT2D eigenvalue weighted by Crippen LogP contribution is 2.34. The largest absolute Gasteiger partial charge is 0.495 e. The van der Waals surface area contributed by atoms with Gasteiger partial charge in [-0.2, -0.15) is 0 Å². The molecule has 3 rings (SSSR count). The summed E-state index contributed by atoms with van der Waals surface area (Å²) in [5.74, 6) is 0.207. The maximum absolute atomic E-state index is 11.5. The third kappa shape index (κ3) is 2.91. The number of amides is 1. The van der Waals surface area contributed by atoms with Crippen molar-refractivity contribution in [3.05, 3.63) is 42.5 Å². The SMILES string of the molecule is COc1ccc(-c2nc3ccccc3s2)cc1NC(=O)CCl. The van der Waals surface area contributed by atoms with Gasteiger partial charge in [-0.1, -0.05) is 12.1 Å². The van der Waals surface area contributed by atoms with E-state index in [1.807, 2.05) is 42.5 Å². The number of ether oxygens (including phenoxy) is 1. The van der Waals surface area contributed by atoms with E-state index in [4.69, 9.17) is 16.3 Å². The summed E-state index contributed by atoms with van der Waals surface area (Å²) in [6.07, 6.45) is 0. The summed E-state index contributed by atoms with van der Waals surface area (Å²) >= 11 is 7.15. The number of carbonyl (C=O) groups is 1. The lowest BCUT2D eigenvalue weighted by Gasteiger charge is -2.10. The molecule has 0 aliphatic rings. The Kier molecular flexibility index (Phi) is 4.27. The van der Waals surface area contributed by atoms with E-state index < -0.39 is 0 Å². The zero-order valence-electron chi connectivity index (χ0n) is 11.8. The number of thiazole rings is 1. The third-order valence-corrected chi connectivity index (χ3v) is 4.46. The van der Waals surface area contributed by atoms with Crippen molar-refractivity contribution in [3.63, 3.8) is 0 Å². The highest BCUT2D eigenvalue weighted by atomic mass is 35.5. The molecule has 6 heteroatoms. The molecule has 0 radical (unpaired) electrons. The Morgan fingerprint density at radius 1 is 1.32 bits per heavy atom. The zero-order valence-corrected chi connectivity index (χ0v) is 13.4. The Morgan fingerprint density at radius 3 is 2.86 bits per heavy atom. The molecule has 1 N–H and O–H groups in total. The lowest BCUT2D eigenvalue weighted by molar-refractivity contribution is -0.113. The van der Waals surface area contributed by atoms with Crippen LogP contribution in [0, 0.1) is 0 Å². The lowest BCUT2D eigenvalue weighted by Crippen LogP contribution is -2.13. The van der Waals surface area contributed by atoms with E-state index in [9.17, 15) is 4.79 Å². The van der Waals surface area contributed by atoms with Crippen molar-refractivity contribution in [2.24, 2.45) is 0 Å². The highest BCUT2D eigenvalue weighted by molar-refractivity contribution is 7.21. The van der Waals surface area contributed by atoms with Crippen molar-refractivity contribution in [1.82, 2.24) is 4.98 Å². The first kappa shape index (κ1) is 14.8. The molecule has 22 heavy (non-hydrogen) atoms. The van der Waals surface area contributed by atoms with Crippen molar-refractivity contribution in [2.75, 3.05) is 18.3 Å². The van der Waals surface area contributed by atoms with Gasteiger partial charge < -0.3 is 10.1 Å². The minimum atomic E-state index is -0.276. The molecule has 0 atom stereocenters. The molecule has 112 valence electrons. The highest BCUT2D eigenvalue weighted by Gasteiger charge is 2.11. The number of para-hydroxylation sites is 1. The first-order valence-corrected chi connectivity index (χ1v) is 7.96. The Morgan fingerprint density at radius 2 is 2.14 bits per heavy atom. The molecule has 0 unspecified atom stereocenters. The Balaban J connectivity index is 2.03. The second kappa shape index (κ2) is 6.34. The van der Waals surface area contributed by atoms with Gasteiger partial charge in [-0.3, -0.25) is 4.79 Å². The second-order valence-electron chi connectivity index (χ2n) is 4.58. The van der Waals surface area contributed by atoms with Gasteiger partial charge in [0.15, 0.2) is 0 Å². The molecule has 0 aliphatic carbocycles. The monoisotopic (exact) mass is 332 g/mol. The fraction of sp³-hybridized carbons (Fsp3) is 0.125. The number of benzene rings is 2. The van der Waals surface area contributed by atoms with E-state index in [0.29, 0.717) is 11.4 Å². The summed E-state index contributed by atoms with van der Waals surface area (Å²) in [6.45, 7) is 0. The van der Waals surface area contributed by atoms with Crippen molar-refractivity contribution in [3.8, 4) is 16.3 Å². The van der Waals surface area contributed by atoms with Gasteiger partial charge in [-0.25, -0.2) is 4.98 Å². The Labute approximate surface area is 136 Å². The van der Waals surface area contributed by atoms with E-state index in [0.717, 1.165) is 20.8 Å². The molecule has 0 fully saturated rings. The molecule has 0 aliphatic heterocycles. The molecule has 0 saturated heterocycles. The van der Waals surface area contributed by atoms with Crippen LogP contribution in [0.15, 0.2) is 42.5 Å². The van der Waals surface area contributed by atoms with Crippen molar-refractivity contribution in [2.45, 2.75) is 0 Å². The van der Waals surface area contributed by atoms with E-state index in [2.05, 4.69) is 10.3 Å². The number of halogens is 1. The average molecular weight is 333 g/mol. The van der Waals surface area contributed by atoms with Crippen LogP contribution in [-0.2, 0) is 4.79 Å². The van der Waals surface area contributed by atoms with Crippen LogP contribution in [-0.4, -0.2) is 23.9 Å². The van der Waals surface area contributed by atoms with Gasteiger partial charge in [0.05, 0.1) is 23.0 Å². The van der Waals surface area contributed by atoms with Crippen LogP contribution < -0.4 is 10.1 Å². The minimum absolute atomic E-state index is 0.103. The summed E-state index contributed by atoms with van der Waals surface area (Å²) in [5.41, 5.74) is 2.47. The topological polar surface area (TPSA) is 51.2 Å². The fourth-order valence-corrected chi connectivity index (χ4v) is 3.15. The van der Waals surface area contributed by atoms with Crippen molar-refractivity contribution >= 4 is 44.7 Å². The van der Waals surface area contributed by atoms with E-state index in [-0.39, 0.29) is 11.8 Å². The van der Waals surface area contributed by atoms with Gasteiger partial charge in [-0.05, 0) is 30.3 Å². The third-order valence-electron chi connectivity index (χ3n) is 3.14. The average Bonchev–Trinajstić information content (AvgIpc) is 2.98. The summed E-state index contributed by atoms with van der Waals surface area (Å²) in [4.78, 5) is 16.1. The Bertz CT molecular complexity index is 799. The zero-order chi connectivity index (χ0) is 15.5. The molecular formula is C16H13ClN2O2S. The van der Waals surface area contributed by atoms with Gasteiger partial charge in [-0.15, -0.1) is 22.9 Å². The number of aromatic nitrogens is 1. The predicted octanol–water partition coefficient (Wildman–Crippen LogP) is 4.15. The molecule has 1 heterocycles. The smallest absolute Gasteiger partial charge is 0.239 e. The lowest BCUT2D eigenvalue weighted by atomic mass is 10.2. The minimum Gasteiger partial charge on any atom is -0.495 e. The van der Waals surface area contributed by atoms with Crippen LogP contribution in [0.4, 0.5) is 5.69 Å². The number of carbonyl (C=O) groups excluding carboxylic acids is 1. The standard InChI is InChI=1S/C16H13ClN2O2S/c1-21-13-7-6-10(8-12(13)18-15(20)9-17)16-19-11-4-2-3-5-14(11)22-16/h2-8H,9H2,1H3,(H,18,20). The molecule has 2 aromatic carbocycles. The molecule has 1 amide bonds. The van der Waals surface area contributed by atoms with Crippen LogP contribution in [0.25, 0.3) is 20.8 Å². The second-order valence-corrected chi connectivity index (χ2v) is 5.88. The summed E-state index contributed by atoms with van der Waals surface area (Å²) < 4.78 is 6.39. The number of nitrogens with zero attached hydrogens (tertiary/aromatic N) is 1. The van der Waals surface area contributed by atoms with E-state index in [1.54, 1.807) is 18.4 Å². The maximum Gasteiger partial charge on any atom is 0.239 e. The maximum atomic E-state index is 11.5. The van der Waals surface area contributed by atoms with Gasteiger partial charge in [0.2, 0.25) is 5.91 Å². The number of alkyl halides is 1. The van der Waals surface area contributed by atoms with Crippen molar-refractivity contribution < 1.29 is 9.53 Å².